The third-order valence-electron chi connectivity index (χ3n) is 5.91. The number of benzene rings is 1. The van der Waals surface area contributed by atoms with E-state index in [2.05, 4.69) is 47.4 Å². The molecular formula is C25H36IN5O2. The smallest absolute Gasteiger partial charge is 0.220 e. The van der Waals surface area contributed by atoms with Gasteiger partial charge < -0.3 is 20.3 Å². The number of hydrogen-bond donors (Lipinski definition) is 2. The van der Waals surface area contributed by atoms with Gasteiger partial charge in [0.2, 0.25) is 11.8 Å². The quantitative estimate of drug-likeness (QED) is 0.295. The van der Waals surface area contributed by atoms with Gasteiger partial charge in [-0.2, -0.15) is 0 Å². The Bertz CT molecular complexity index is 942. The molecule has 1 aromatic carbocycles. The molecule has 1 fully saturated rings. The topological polar surface area (TPSA) is 78.9 Å². The predicted octanol–water partition coefficient (Wildman–Crippen LogP) is 4.42. The van der Waals surface area contributed by atoms with Crippen molar-refractivity contribution in [1.82, 2.24) is 20.5 Å². The zero-order valence-electron chi connectivity index (χ0n) is 20.1. The van der Waals surface area contributed by atoms with Crippen molar-refractivity contribution in [2.75, 3.05) is 26.7 Å². The van der Waals surface area contributed by atoms with Gasteiger partial charge in [-0.05, 0) is 74.4 Å². The summed E-state index contributed by atoms with van der Waals surface area (Å²) in [4.78, 5) is 23.1. The van der Waals surface area contributed by atoms with Crippen molar-refractivity contribution in [1.29, 1.82) is 0 Å². The highest BCUT2D eigenvalue weighted by atomic mass is 127. The van der Waals surface area contributed by atoms with Crippen LogP contribution in [0.15, 0.2) is 41.5 Å². The first-order valence-electron chi connectivity index (χ1n) is 11.4. The van der Waals surface area contributed by atoms with E-state index in [9.17, 15) is 4.79 Å². The minimum absolute atomic E-state index is 0. The van der Waals surface area contributed by atoms with E-state index in [1.165, 1.54) is 11.1 Å². The summed E-state index contributed by atoms with van der Waals surface area (Å²) in [5, 5.41) is 6.13. The minimum Gasteiger partial charge on any atom is -0.439 e. The van der Waals surface area contributed by atoms with Gasteiger partial charge in [-0.3, -0.25) is 4.79 Å². The minimum atomic E-state index is 0. The fraction of sp³-hybridized carbons (Fsp3) is 0.480. The van der Waals surface area contributed by atoms with Crippen molar-refractivity contribution in [3.8, 4) is 11.6 Å². The second-order valence-electron chi connectivity index (χ2n) is 8.33. The van der Waals surface area contributed by atoms with Crippen LogP contribution in [0.25, 0.3) is 0 Å². The maximum absolute atomic E-state index is 11.7. The lowest BCUT2D eigenvalue weighted by Gasteiger charge is -2.34. The number of guanidine groups is 1. The van der Waals surface area contributed by atoms with E-state index in [0.29, 0.717) is 24.8 Å². The van der Waals surface area contributed by atoms with Gasteiger partial charge in [0, 0.05) is 45.4 Å². The first-order valence-corrected chi connectivity index (χ1v) is 11.4. The summed E-state index contributed by atoms with van der Waals surface area (Å²) >= 11 is 0. The summed E-state index contributed by atoms with van der Waals surface area (Å²) in [6.07, 6.45) is 4.37. The second-order valence-corrected chi connectivity index (χ2v) is 8.33. The number of carbonyl (C=O) groups excluding carboxylic acids is 1. The number of likely N-dealkylation sites (tertiary alicyclic amines) is 1. The number of aromatic nitrogens is 1. The van der Waals surface area contributed by atoms with Crippen LogP contribution >= 0.6 is 24.0 Å². The average molecular weight is 566 g/mol. The van der Waals surface area contributed by atoms with Crippen molar-refractivity contribution < 1.29 is 9.53 Å². The van der Waals surface area contributed by atoms with Gasteiger partial charge >= 0.3 is 0 Å². The van der Waals surface area contributed by atoms with Gasteiger partial charge in [-0.1, -0.05) is 6.07 Å². The first-order chi connectivity index (χ1) is 15.5. The van der Waals surface area contributed by atoms with Crippen molar-refractivity contribution in [3.05, 3.63) is 53.2 Å². The number of nitrogens with zero attached hydrogens (tertiary/aromatic N) is 3. The molecule has 1 aliphatic rings. The maximum atomic E-state index is 11.7. The SMILES string of the molecule is CCNC(=NCc1ccnc(Oc2ccc(C)c(C)c2)c1)N1CCC(CC(=O)NC)CC1.I. The molecule has 0 atom stereocenters. The number of carbonyl (C=O) groups is 1. The number of pyridine rings is 1. The summed E-state index contributed by atoms with van der Waals surface area (Å²) in [6.45, 7) is 9.42. The number of halogens is 1. The average Bonchev–Trinajstić information content (AvgIpc) is 2.80. The van der Waals surface area contributed by atoms with Crippen molar-refractivity contribution in [2.24, 2.45) is 10.9 Å². The lowest BCUT2D eigenvalue weighted by molar-refractivity contribution is -0.121. The number of piperidine rings is 1. The molecule has 0 radical (unpaired) electrons. The molecule has 0 bridgehead atoms. The van der Waals surface area contributed by atoms with Crippen molar-refractivity contribution >= 4 is 35.8 Å². The zero-order chi connectivity index (χ0) is 22.9. The molecule has 7 nitrogen and oxygen atoms in total. The Hall–Kier alpha value is -2.36. The molecule has 0 unspecified atom stereocenters. The molecule has 1 amide bonds. The van der Waals surface area contributed by atoms with Crippen LogP contribution in [0.5, 0.6) is 11.6 Å². The Kier molecular flexibility index (Phi) is 10.9. The number of aliphatic imine (C=N–C) groups is 1. The van der Waals surface area contributed by atoms with Gasteiger partial charge in [0.15, 0.2) is 5.96 Å². The summed E-state index contributed by atoms with van der Waals surface area (Å²) < 4.78 is 5.96. The Labute approximate surface area is 214 Å². The van der Waals surface area contributed by atoms with E-state index in [-0.39, 0.29) is 29.9 Å². The van der Waals surface area contributed by atoms with Crippen molar-refractivity contribution in [3.63, 3.8) is 0 Å². The van der Waals surface area contributed by atoms with E-state index in [0.717, 1.165) is 49.7 Å². The standard InChI is InChI=1S/C25H35N5O2.HI/c1-5-27-25(30-12-9-20(10-13-30)15-23(31)26-4)29-17-21-8-11-28-24(16-21)32-22-7-6-18(2)19(3)14-22;/h6-8,11,14,16,20H,5,9-10,12-13,15,17H2,1-4H3,(H,26,31)(H,27,29);1H. The Morgan fingerprint density at radius 1 is 1.18 bits per heavy atom. The highest BCUT2D eigenvalue weighted by molar-refractivity contribution is 14.0. The molecule has 0 saturated carbocycles. The highest BCUT2D eigenvalue weighted by Crippen LogP contribution is 2.23. The molecule has 0 spiro atoms. The molecule has 3 rings (SSSR count). The number of ether oxygens (including phenoxy) is 1. The molecular weight excluding hydrogens is 529 g/mol. The number of aryl methyl sites for hydroxylation is 2. The summed E-state index contributed by atoms with van der Waals surface area (Å²) in [5.74, 6) is 2.84. The fourth-order valence-electron chi connectivity index (χ4n) is 3.81. The third-order valence-corrected chi connectivity index (χ3v) is 5.91. The number of rotatable bonds is 7. The van der Waals surface area contributed by atoms with Gasteiger partial charge in [-0.15, -0.1) is 24.0 Å². The summed E-state index contributed by atoms with van der Waals surface area (Å²) in [5.41, 5.74) is 3.48. The molecule has 1 aliphatic heterocycles. The largest absolute Gasteiger partial charge is 0.439 e. The van der Waals surface area contributed by atoms with Crippen LogP contribution in [0.4, 0.5) is 0 Å². The number of hydrogen-bond acceptors (Lipinski definition) is 4. The van der Waals surface area contributed by atoms with Gasteiger partial charge in [-0.25, -0.2) is 9.98 Å². The van der Waals surface area contributed by atoms with Gasteiger partial charge in [0.05, 0.1) is 6.54 Å². The van der Waals surface area contributed by atoms with Crippen LogP contribution < -0.4 is 15.4 Å². The summed E-state index contributed by atoms with van der Waals surface area (Å²) in [7, 11) is 1.70. The van der Waals surface area contributed by atoms with E-state index < -0.39 is 0 Å². The Morgan fingerprint density at radius 3 is 2.61 bits per heavy atom. The van der Waals surface area contributed by atoms with E-state index in [1.807, 2.05) is 24.3 Å². The molecule has 1 saturated heterocycles. The zero-order valence-corrected chi connectivity index (χ0v) is 22.4. The molecule has 1 aromatic heterocycles. The van der Waals surface area contributed by atoms with Crippen LogP contribution in [0.1, 0.15) is 42.9 Å². The maximum Gasteiger partial charge on any atom is 0.220 e. The van der Waals surface area contributed by atoms with Gasteiger partial charge in [0.1, 0.15) is 5.75 Å². The molecule has 2 aromatic rings. The highest BCUT2D eigenvalue weighted by Gasteiger charge is 2.23. The van der Waals surface area contributed by atoms with Crippen LogP contribution in [0, 0.1) is 19.8 Å². The Balaban J connectivity index is 0.00000385. The second kappa shape index (κ2) is 13.4. The lowest BCUT2D eigenvalue weighted by Crippen LogP contribution is -2.46. The van der Waals surface area contributed by atoms with Gasteiger partial charge in [0.25, 0.3) is 0 Å². The van der Waals surface area contributed by atoms with Crippen LogP contribution in [-0.4, -0.2) is 48.4 Å². The molecule has 180 valence electrons. The number of amides is 1. The van der Waals surface area contributed by atoms with Crippen LogP contribution in [0.2, 0.25) is 0 Å². The van der Waals surface area contributed by atoms with Crippen molar-refractivity contribution in [2.45, 2.75) is 46.6 Å². The number of nitrogens with one attached hydrogen (secondary N) is 2. The predicted molar refractivity (Wildman–Crippen MR) is 143 cm³/mol. The summed E-state index contributed by atoms with van der Waals surface area (Å²) in [6, 6.07) is 9.96. The molecule has 2 heterocycles. The monoisotopic (exact) mass is 565 g/mol. The molecule has 0 aliphatic carbocycles. The van der Waals surface area contributed by atoms with E-state index >= 15 is 0 Å². The third kappa shape index (κ3) is 8.17. The first kappa shape index (κ1) is 26.9. The molecule has 2 N–H and O–H groups in total. The molecule has 33 heavy (non-hydrogen) atoms. The fourth-order valence-corrected chi connectivity index (χ4v) is 3.81. The van der Waals surface area contributed by atoms with Crippen LogP contribution in [-0.2, 0) is 11.3 Å². The normalized spacial score (nSPS) is 14.4. The van der Waals surface area contributed by atoms with E-state index in [1.54, 1.807) is 13.2 Å². The van der Waals surface area contributed by atoms with Crippen LogP contribution in [0.3, 0.4) is 0 Å². The Morgan fingerprint density at radius 2 is 1.94 bits per heavy atom. The van der Waals surface area contributed by atoms with E-state index in [4.69, 9.17) is 9.73 Å². The lowest BCUT2D eigenvalue weighted by atomic mass is 9.93. The molecule has 8 heteroatoms.